The Morgan fingerprint density at radius 1 is 1.25 bits per heavy atom. The predicted molar refractivity (Wildman–Crippen MR) is 64.1 cm³/mol. The molecule has 1 fully saturated rings. The molecule has 2 aliphatic carbocycles. The summed E-state index contributed by atoms with van der Waals surface area (Å²) in [6.07, 6.45) is 10.4. The van der Waals surface area contributed by atoms with Crippen LogP contribution in [0.4, 0.5) is 0 Å². The highest BCUT2D eigenvalue weighted by Crippen LogP contribution is 2.34. The van der Waals surface area contributed by atoms with E-state index in [1.807, 2.05) is 6.92 Å². The first-order valence-corrected chi connectivity index (χ1v) is 6.37. The van der Waals surface area contributed by atoms with Gasteiger partial charge < -0.3 is 4.74 Å². The number of carbonyl (C=O) groups excluding carboxylic acids is 1. The first-order valence-electron chi connectivity index (χ1n) is 6.37. The van der Waals surface area contributed by atoms with Crippen LogP contribution in [0.2, 0.25) is 0 Å². The van der Waals surface area contributed by atoms with Crippen LogP contribution in [0, 0.1) is 0 Å². The number of rotatable bonds is 2. The molecule has 0 aromatic carbocycles. The second-order valence-electron chi connectivity index (χ2n) is 4.60. The van der Waals surface area contributed by atoms with Crippen LogP contribution >= 0.6 is 0 Å². The molecule has 88 valence electrons. The van der Waals surface area contributed by atoms with E-state index in [9.17, 15) is 4.79 Å². The number of hydrogen-bond donors (Lipinski definition) is 0. The molecule has 0 atom stereocenters. The highest BCUT2D eigenvalue weighted by Gasteiger charge is 2.21. The average Bonchev–Trinajstić information content (AvgIpc) is 2.80. The number of hydrogen-bond acceptors (Lipinski definition) is 2. The van der Waals surface area contributed by atoms with E-state index in [1.54, 1.807) is 5.57 Å². The fourth-order valence-corrected chi connectivity index (χ4v) is 2.60. The van der Waals surface area contributed by atoms with Gasteiger partial charge in [-0.1, -0.05) is 23.6 Å². The average molecular weight is 220 g/mol. The van der Waals surface area contributed by atoms with Gasteiger partial charge in [0.05, 0.1) is 6.61 Å². The molecule has 0 amide bonds. The van der Waals surface area contributed by atoms with Gasteiger partial charge >= 0.3 is 5.97 Å². The molecule has 0 N–H and O–H groups in total. The normalized spacial score (nSPS) is 20.9. The highest BCUT2D eigenvalue weighted by molar-refractivity contribution is 5.89. The van der Waals surface area contributed by atoms with Gasteiger partial charge in [0.2, 0.25) is 0 Å². The maximum Gasteiger partial charge on any atom is 0.334 e. The van der Waals surface area contributed by atoms with Crippen LogP contribution in [0.25, 0.3) is 0 Å². The second kappa shape index (κ2) is 5.33. The van der Waals surface area contributed by atoms with Crippen molar-refractivity contribution in [1.29, 1.82) is 0 Å². The summed E-state index contributed by atoms with van der Waals surface area (Å²) in [7, 11) is 0. The molecule has 2 rings (SSSR count). The fourth-order valence-electron chi connectivity index (χ4n) is 2.60. The van der Waals surface area contributed by atoms with Crippen LogP contribution in [-0.2, 0) is 9.53 Å². The van der Waals surface area contributed by atoms with Crippen LogP contribution < -0.4 is 0 Å². The lowest BCUT2D eigenvalue weighted by molar-refractivity contribution is -0.138. The summed E-state index contributed by atoms with van der Waals surface area (Å²) >= 11 is 0. The Morgan fingerprint density at radius 2 is 2.00 bits per heavy atom. The third-order valence-corrected chi connectivity index (χ3v) is 3.49. The summed E-state index contributed by atoms with van der Waals surface area (Å²) in [5.74, 6) is -0.117. The summed E-state index contributed by atoms with van der Waals surface area (Å²) in [4.78, 5) is 11.6. The zero-order chi connectivity index (χ0) is 11.4. The molecule has 1 saturated carbocycles. The van der Waals surface area contributed by atoms with E-state index < -0.39 is 0 Å². The van der Waals surface area contributed by atoms with Crippen molar-refractivity contribution >= 4 is 5.97 Å². The van der Waals surface area contributed by atoms with E-state index in [1.165, 1.54) is 37.7 Å². The van der Waals surface area contributed by atoms with Crippen molar-refractivity contribution in [2.75, 3.05) is 6.61 Å². The van der Waals surface area contributed by atoms with Crippen molar-refractivity contribution in [2.45, 2.75) is 51.9 Å². The molecule has 2 nitrogen and oxygen atoms in total. The first-order chi connectivity index (χ1) is 7.81. The largest absolute Gasteiger partial charge is 0.463 e. The summed E-state index contributed by atoms with van der Waals surface area (Å²) < 4.78 is 5.03. The molecule has 0 spiro atoms. The summed E-state index contributed by atoms with van der Waals surface area (Å²) in [5, 5.41) is 0. The number of ether oxygens (including phenoxy) is 1. The third-order valence-electron chi connectivity index (χ3n) is 3.49. The predicted octanol–water partition coefficient (Wildman–Crippen LogP) is 3.53. The van der Waals surface area contributed by atoms with Crippen molar-refractivity contribution in [3.8, 4) is 0 Å². The fraction of sp³-hybridized carbons (Fsp3) is 0.643. The molecule has 2 aliphatic rings. The van der Waals surface area contributed by atoms with Gasteiger partial charge in [0.15, 0.2) is 0 Å². The quantitative estimate of drug-likeness (QED) is 0.525. The molecule has 0 saturated heterocycles. The van der Waals surface area contributed by atoms with Gasteiger partial charge in [-0.05, 0) is 39.0 Å². The molecule has 16 heavy (non-hydrogen) atoms. The molecule has 0 aliphatic heterocycles. The Kier molecular flexibility index (Phi) is 3.81. The Labute approximate surface area is 97.4 Å². The zero-order valence-corrected chi connectivity index (χ0v) is 10.1. The summed E-state index contributed by atoms with van der Waals surface area (Å²) in [5.41, 5.74) is 3.97. The molecular weight excluding hydrogens is 200 g/mol. The van der Waals surface area contributed by atoms with Gasteiger partial charge in [-0.15, -0.1) is 0 Å². The topological polar surface area (TPSA) is 26.3 Å². The standard InChI is InChI=1S/C14H20O2/c1-2-16-14(15)13-9-8-12(10-13)11-6-4-3-5-7-11/h9H,2-8,10H2,1H3. The van der Waals surface area contributed by atoms with Crippen LogP contribution in [0.5, 0.6) is 0 Å². The van der Waals surface area contributed by atoms with Gasteiger partial charge in [0.1, 0.15) is 0 Å². The lowest BCUT2D eigenvalue weighted by atomic mass is 9.90. The molecule has 0 heterocycles. The molecule has 0 unspecified atom stereocenters. The maximum absolute atomic E-state index is 11.6. The minimum atomic E-state index is -0.117. The number of allylic oxidation sites excluding steroid dienone is 3. The summed E-state index contributed by atoms with van der Waals surface area (Å²) in [6.45, 7) is 2.33. The van der Waals surface area contributed by atoms with Crippen molar-refractivity contribution in [3.05, 3.63) is 22.8 Å². The van der Waals surface area contributed by atoms with Gasteiger partial charge in [0, 0.05) is 12.0 Å². The van der Waals surface area contributed by atoms with Crippen molar-refractivity contribution in [1.82, 2.24) is 0 Å². The maximum atomic E-state index is 11.6. The minimum absolute atomic E-state index is 0.117. The molecule has 0 aromatic heterocycles. The van der Waals surface area contributed by atoms with Gasteiger partial charge in [0.25, 0.3) is 0 Å². The van der Waals surface area contributed by atoms with E-state index in [0.29, 0.717) is 6.61 Å². The molecule has 0 aromatic rings. The molecule has 0 radical (unpaired) electrons. The van der Waals surface area contributed by atoms with Crippen molar-refractivity contribution in [2.24, 2.45) is 0 Å². The smallest absolute Gasteiger partial charge is 0.334 e. The summed E-state index contributed by atoms with van der Waals surface area (Å²) in [6, 6.07) is 0. The SMILES string of the molecule is CCOC(=O)C1=CCC(=C2CCCCC2)C1. The Balaban J connectivity index is 1.97. The monoisotopic (exact) mass is 220 g/mol. The van der Waals surface area contributed by atoms with E-state index in [2.05, 4.69) is 6.08 Å². The number of esters is 1. The van der Waals surface area contributed by atoms with Crippen LogP contribution in [0.1, 0.15) is 51.9 Å². The Hall–Kier alpha value is -1.05. The van der Waals surface area contributed by atoms with E-state index in [-0.39, 0.29) is 5.97 Å². The van der Waals surface area contributed by atoms with Gasteiger partial charge in [-0.25, -0.2) is 4.79 Å². The van der Waals surface area contributed by atoms with E-state index in [0.717, 1.165) is 18.4 Å². The van der Waals surface area contributed by atoms with Gasteiger partial charge in [-0.2, -0.15) is 0 Å². The molecule has 2 heteroatoms. The number of carbonyl (C=O) groups is 1. The van der Waals surface area contributed by atoms with Crippen LogP contribution in [0.15, 0.2) is 22.8 Å². The second-order valence-corrected chi connectivity index (χ2v) is 4.60. The van der Waals surface area contributed by atoms with Crippen LogP contribution in [0.3, 0.4) is 0 Å². The van der Waals surface area contributed by atoms with Gasteiger partial charge in [-0.3, -0.25) is 0 Å². The van der Waals surface area contributed by atoms with Crippen LogP contribution in [-0.4, -0.2) is 12.6 Å². The van der Waals surface area contributed by atoms with E-state index >= 15 is 0 Å². The third kappa shape index (κ3) is 2.55. The van der Waals surface area contributed by atoms with E-state index in [4.69, 9.17) is 4.74 Å². The lowest BCUT2D eigenvalue weighted by Gasteiger charge is -2.16. The minimum Gasteiger partial charge on any atom is -0.463 e. The Morgan fingerprint density at radius 3 is 2.69 bits per heavy atom. The van der Waals surface area contributed by atoms with Crippen molar-refractivity contribution in [3.63, 3.8) is 0 Å². The van der Waals surface area contributed by atoms with Crippen molar-refractivity contribution < 1.29 is 9.53 Å². The Bertz CT molecular complexity index is 329. The first kappa shape index (κ1) is 11.4. The lowest BCUT2D eigenvalue weighted by Crippen LogP contribution is -2.06. The molecule has 0 bridgehead atoms. The zero-order valence-electron chi connectivity index (χ0n) is 10.1. The highest BCUT2D eigenvalue weighted by atomic mass is 16.5. The molecular formula is C14H20O2.